The first-order chi connectivity index (χ1) is 7.51. The van der Waals surface area contributed by atoms with Crippen molar-refractivity contribution in [2.45, 2.75) is 45.8 Å². The van der Waals surface area contributed by atoms with Crippen LogP contribution in [0.3, 0.4) is 0 Å². The zero-order valence-electron chi connectivity index (χ0n) is 10.7. The second-order valence-corrected chi connectivity index (χ2v) is 4.34. The zero-order chi connectivity index (χ0) is 12.2. The van der Waals surface area contributed by atoms with E-state index in [1.165, 1.54) is 0 Å². The standard InChI is InChI=1S/C11H21N3O2/c1-6-7-12-8(2)9-13-14-10(16-9)11(3,4)15-5/h8,12H,6-7H2,1-5H3. The van der Waals surface area contributed by atoms with Gasteiger partial charge in [-0.2, -0.15) is 0 Å². The monoisotopic (exact) mass is 227 g/mol. The molecule has 1 unspecified atom stereocenters. The van der Waals surface area contributed by atoms with Crippen molar-refractivity contribution in [3.05, 3.63) is 11.8 Å². The summed E-state index contributed by atoms with van der Waals surface area (Å²) in [6.07, 6.45) is 1.08. The highest BCUT2D eigenvalue weighted by molar-refractivity contribution is 4.95. The number of rotatable bonds is 6. The lowest BCUT2D eigenvalue weighted by atomic mass is 10.1. The van der Waals surface area contributed by atoms with E-state index in [1.807, 2.05) is 20.8 Å². The largest absolute Gasteiger partial charge is 0.420 e. The van der Waals surface area contributed by atoms with Gasteiger partial charge in [-0.3, -0.25) is 0 Å². The van der Waals surface area contributed by atoms with Crippen LogP contribution in [-0.4, -0.2) is 23.9 Å². The van der Waals surface area contributed by atoms with E-state index in [9.17, 15) is 0 Å². The summed E-state index contributed by atoms with van der Waals surface area (Å²) in [5.41, 5.74) is -0.532. The molecule has 0 amide bonds. The van der Waals surface area contributed by atoms with Crippen LogP contribution in [-0.2, 0) is 10.3 Å². The van der Waals surface area contributed by atoms with Crippen molar-refractivity contribution < 1.29 is 9.15 Å². The molecule has 0 aromatic carbocycles. The van der Waals surface area contributed by atoms with Gasteiger partial charge < -0.3 is 14.5 Å². The molecule has 1 rings (SSSR count). The van der Waals surface area contributed by atoms with Gasteiger partial charge in [-0.25, -0.2) is 0 Å². The summed E-state index contributed by atoms with van der Waals surface area (Å²) in [7, 11) is 1.63. The molecule has 1 heterocycles. The first kappa shape index (κ1) is 13.1. The fraction of sp³-hybridized carbons (Fsp3) is 0.818. The Morgan fingerprint density at radius 3 is 2.69 bits per heavy atom. The maximum Gasteiger partial charge on any atom is 0.247 e. The van der Waals surface area contributed by atoms with Crippen molar-refractivity contribution in [2.75, 3.05) is 13.7 Å². The minimum Gasteiger partial charge on any atom is -0.420 e. The fourth-order valence-corrected chi connectivity index (χ4v) is 1.19. The van der Waals surface area contributed by atoms with E-state index in [0.717, 1.165) is 13.0 Å². The average Bonchev–Trinajstić information content (AvgIpc) is 2.75. The third-order valence-electron chi connectivity index (χ3n) is 2.54. The van der Waals surface area contributed by atoms with Gasteiger partial charge in [0.2, 0.25) is 11.8 Å². The van der Waals surface area contributed by atoms with Crippen LogP contribution in [0, 0.1) is 0 Å². The Hall–Kier alpha value is -0.940. The van der Waals surface area contributed by atoms with Gasteiger partial charge in [-0.1, -0.05) is 6.92 Å². The van der Waals surface area contributed by atoms with Crippen LogP contribution in [0.4, 0.5) is 0 Å². The van der Waals surface area contributed by atoms with E-state index in [1.54, 1.807) is 7.11 Å². The second kappa shape index (κ2) is 5.41. The summed E-state index contributed by atoms with van der Waals surface area (Å²) in [6.45, 7) is 8.86. The summed E-state index contributed by atoms with van der Waals surface area (Å²) in [4.78, 5) is 0. The molecule has 1 aromatic heterocycles. The Bertz CT molecular complexity index is 323. The Labute approximate surface area is 96.6 Å². The molecule has 1 N–H and O–H groups in total. The lowest BCUT2D eigenvalue weighted by Gasteiger charge is -2.17. The molecular weight excluding hydrogens is 206 g/mol. The lowest BCUT2D eigenvalue weighted by molar-refractivity contribution is -0.00484. The minimum absolute atomic E-state index is 0.0776. The number of hydrogen-bond donors (Lipinski definition) is 1. The van der Waals surface area contributed by atoms with Crippen LogP contribution in [0.2, 0.25) is 0 Å². The Kier molecular flexibility index (Phi) is 4.44. The first-order valence-corrected chi connectivity index (χ1v) is 5.63. The molecule has 16 heavy (non-hydrogen) atoms. The summed E-state index contributed by atoms with van der Waals surface area (Å²) >= 11 is 0. The third-order valence-corrected chi connectivity index (χ3v) is 2.54. The predicted molar refractivity (Wildman–Crippen MR) is 61.0 cm³/mol. The van der Waals surface area contributed by atoms with E-state index in [0.29, 0.717) is 11.8 Å². The molecule has 92 valence electrons. The molecule has 1 atom stereocenters. The first-order valence-electron chi connectivity index (χ1n) is 5.63. The summed E-state index contributed by atoms with van der Waals surface area (Å²) in [5.74, 6) is 1.11. The molecule has 5 heteroatoms. The number of hydrogen-bond acceptors (Lipinski definition) is 5. The SMILES string of the molecule is CCCNC(C)c1nnc(C(C)(C)OC)o1. The van der Waals surface area contributed by atoms with Gasteiger partial charge in [0.25, 0.3) is 0 Å². The highest BCUT2D eigenvalue weighted by Gasteiger charge is 2.27. The number of aromatic nitrogens is 2. The van der Waals surface area contributed by atoms with E-state index in [2.05, 4.69) is 22.4 Å². The smallest absolute Gasteiger partial charge is 0.247 e. The van der Waals surface area contributed by atoms with Crippen LogP contribution in [0.5, 0.6) is 0 Å². The molecule has 0 fully saturated rings. The van der Waals surface area contributed by atoms with Crippen LogP contribution < -0.4 is 5.32 Å². The Morgan fingerprint density at radius 2 is 2.12 bits per heavy atom. The number of ether oxygens (including phenoxy) is 1. The highest BCUT2D eigenvalue weighted by atomic mass is 16.5. The molecule has 0 bridgehead atoms. The highest BCUT2D eigenvalue weighted by Crippen LogP contribution is 2.23. The van der Waals surface area contributed by atoms with Gasteiger partial charge in [0.15, 0.2) is 0 Å². The molecule has 0 saturated heterocycles. The van der Waals surface area contributed by atoms with Crippen LogP contribution in [0.25, 0.3) is 0 Å². The number of nitrogens with one attached hydrogen (secondary N) is 1. The normalized spacial score (nSPS) is 14.1. The molecule has 5 nitrogen and oxygen atoms in total. The molecule has 0 aliphatic carbocycles. The summed E-state index contributed by atoms with van der Waals surface area (Å²) < 4.78 is 10.9. The van der Waals surface area contributed by atoms with Crippen molar-refractivity contribution in [3.8, 4) is 0 Å². The summed E-state index contributed by atoms with van der Waals surface area (Å²) in [6, 6.07) is 0.0776. The maximum absolute atomic E-state index is 5.59. The third kappa shape index (κ3) is 3.02. The van der Waals surface area contributed by atoms with Gasteiger partial charge in [0.1, 0.15) is 5.60 Å². The maximum atomic E-state index is 5.59. The van der Waals surface area contributed by atoms with Gasteiger partial charge in [0.05, 0.1) is 6.04 Å². The Morgan fingerprint density at radius 1 is 1.44 bits per heavy atom. The average molecular weight is 227 g/mol. The van der Waals surface area contributed by atoms with E-state index >= 15 is 0 Å². The van der Waals surface area contributed by atoms with Crippen molar-refractivity contribution >= 4 is 0 Å². The van der Waals surface area contributed by atoms with Gasteiger partial charge in [0, 0.05) is 7.11 Å². The predicted octanol–water partition coefficient (Wildman–Crippen LogP) is 2.01. The van der Waals surface area contributed by atoms with Crippen molar-refractivity contribution in [3.63, 3.8) is 0 Å². The van der Waals surface area contributed by atoms with Crippen molar-refractivity contribution in [1.29, 1.82) is 0 Å². The molecule has 0 radical (unpaired) electrons. The quantitative estimate of drug-likeness (QED) is 0.805. The van der Waals surface area contributed by atoms with Gasteiger partial charge in [-0.15, -0.1) is 10.2 Å². The van der Waals surface area contributed by atoms with Crippen molar-refractivity contribution in [2.24, 2.45) is 0 Å². The lowest BCUT2D eigenvalue weighted by Crippen LogP contribution is -2.20. The topological polar surface area (TPSA) is 60.2 Å². The van der Waals surface area contributed by atoms with Crippen molar-refractivity contribution in [1.82, 2.24) is 15.5 Å². The number of methoxy groups -OCH3 is 1. The summed E-state index contributed by atoms with van der Waals surface area (Å²) in [5, 5.41) is 11.3. The van der Waals surface area contributed by atoms with Gasteiger partial charge in [-0.05, 0) is 33.7 Å². The molecule has 0 aliphatic heterocycles. The second-order valence-electron chi connectivity index (χ2n) is 4.34. The number of nitrogens with zero attached hydrogens (tertiary/aromatic N) is 2. The molecular formula is C11H21N3O2. The molecule has 0 spiro atoms. The van der Waals surface area contributed by atoms with Crippen LogP contribution in [0.15, 0.2) is 4.42 Å². The molecule has 1 aromatic rings. The molecule has 0 saturated carbocycles. The molecule has 0 aliphatic rings. The van der Waals surface area contributed by atoms with Crippen LogP contribution in [0.1, 0.15) is 51.9 Å². The zero-order valence-corrected chi connectivity index (χ0v) is 10.7. The Balaban J connectivity index is 2.71. The van der Waals surface area contributed by atoms with E-state index in [-0.39, 0.29) is 6.04 Å². The van der Waals surface area contributed by atoms with E-state index < -0.39 is 5.60 Å². The van der Waals surface area contributed by atoms with E-state index in [4.69, 9.17) is 9.15 Å². The van der Waals surface area contributed by atoms with Crippen LogP contribution >= 0.6 is 0 Å². The fourth-order valence-electron chi connectivity index (χ4n) is 1.19. The minimum atomic E-state index is -0.532. The van der Waals surface area contributed by atoms with Gasteiger partial charge >= 0.3 is 0 Å².